The van der Waals surface area contributed by atoms with E-state index in [1.807, 2.05) is 23.0 Å². The van der Waals surface area contributed by atoms with E-state index in [4.69, 9.17) is 10.1 Å². The molecule has 0 radical (unpaired) electrons. The Kier molecular flexibility index (Phi) is 4.59. The van der Waals surface area contributed by atoms with Crippen LogP contribution in [0.25, 0.3) is 5.65 Å². The number of rotatable bonds is 3. The number of nitrogens with zero attached hydrogens (tertiary/aromatic N) is 6. The molecule has 136 valence electrons. The van der Waals surface area contributed by atoms with Gasteiger partial charge in [0.1, 0.15) is 5.82 Å². The third kappa shape index (κ3) is 3.29. The largest absolute Gasteiger partial charge is 0.355 e. The zero-order valence-corrected chi connectivity index (χ0v) is 15.8. The van der Waals surface area contributed by atoms with Gasteiger partial charge in [-0.15, -0.1) is 0 Å². The van der Waals surface area contributed by atoms with Gasteiger partial charge in [-0.2, -0.15) is 9.61 Å². The van der Waals surface area contributed by atoms with Crippen LogP contribution in [-0.2, 0) is 6.54 Å². The normalized spacial score (nSPS) is 16.2. The number of hydrogen-bond acceptors (Lipinski definition) is 5. The Morgan fingerprint density at radius 2 is 1.96 bits per heavy atom. The molecule has 0 bridgehead atoms. The molecule has 0 saturated carbocycles. The van der Waals surface area contributed by atoms with Crippen LogP contribution in [0.5, 0.6) is 0 Å². The highest BCUT2D eigenvalue weighted by Crippen LogP contribution is 2.22. The van der Waals surface area contributed by atoms with Crippen molar-refractivity contribution < 1.29 is 0 Å². The molecule has 1 fully saturated rings. The van der Waals surface area contributed by atoms with Crippen LogP contribution in [0.4, 0.5) is 5.82 Å². The van der Waals surface area contributed by atoms with Crippen LogP contribution < -0.4 is 4.90 Å². The smallest absolute Gasteiger partial charge is 0.160 e. The SMILES string of the molecule is Cc1cc(N2CCCN(Cc3cccnc3)CC2)n2nc(C)c(C)c2n1. The van der Waals surface area contributed by atoms with Gasteiger partial charge in [-0.3, -0.25) is 9.88 Å². The fraction of sp³-hybridized carbons (Fsp3) is 0.450. The maximum absolute atomic E-state index is 4.74. The molecular formula is C20H26N6. The van der Waals surface area contributed by atoms with Crippen LogP contribution in [0.15, 0.2) is 30.6 Å². The summed E-state index contributed by atoms with van der Waals surface area (Å²) in [4.78, 5) is 13.9. The third-order valence-corrected chi connectivity index (χ3v) is 5.21. The van der Waals surface area contributed by atoms with Crippen LogP contribution in [-0.4, -0.2) is 50.7 Å². The molecule has 3 aromatic heterocycles. The number of aryl methyl sites for hydroxylation is 3. The van der Waals surface area contributed by atoms with Gasteiger partial charge in [0.2, 0.25) is 0 Å². The minimum Gasteiger partial charge on any atom is -0.355 e. The Balaban J connectivity index is 1.56. The third-order valence-electron chi connectivity index (χ3n) is 5.21. The Morgan fingerprint density at radius 1 is 1.08 bits per heavy atom. The summed E-state index contributed by atoms with van der Waals surface area (Å²) in [6.07, 6.45) is 4.94. The van der Waals surface area contributed by atoms with E-state index in [0.717, 1.165) is 62.0 Å². The highest BCUT2D eigenvalue weighted by atomic mass is 15.4. The molecule has 3 aromatic rings. The first kappa shape index (κ1) is 17.0. The van der Waals surface area contributed by atoms with Crippen LogP contribution in [0.2, 0.25) is 0 Å². The van der Waals surface area contributed by atoms with Gasteiger partial charge in [-0.05, 0) is 38.8 Å². The summed E-state index contributed by atoms with van der Waals surface area (Å²) in [6, 6.07) is 6.33. The Labute approximate surface area is 154 Å². The van der Waals surface area contributed by atoms with Gasteiger partial charge in [-0.1, -0.05) is 6.07 Å². The van der Waals surface area contributed by atoms with Crippen LogP contribution in [0.1, 0.15) is 28.9 Å². The topological polar surface area (TPSA) is 49.6 Å². The molecule has 4 rings (SSSR count). The van der Waals surface area contributed by atoms with Gasteiger partial charge in [0.05, 0.1) is 5.69 Å². The average Bonchev–Trinajstić information content (AvgIpc) is 2.81. The number of fused-ring (bicyclic) bond motifs is 1. The van der Waals surface area contributed by atoms with E-state index >= 15 is 0 Å². The molecule has 6 nitrogen and oxygen atoms in total. The van der Waals surface area contributed by atoms with Crippen molar-refractivity contribution in [2.75, 3.05) is 31.1 Å². The molecular weight excluding hydrogens is 324 g/mol. The molecule has 26 heavy (non-hydrogen) atoms. The molecule has 1 aliphatic rings. The molecule has 0 spiro atoms. The second-order valence-electron chi connectivity index (χ2n) is 7.18. The summed E-state index contributed by atoms with van der Waals surface area (Å²) in [6.45, 7) is 11.4. The fourth-order valence-electron chi connectivity index (χ4n) is 3.66. The van der Waals surface area contributed by atoms with Gasteiger partial charge in [-0.25, -0.2) is 4.98 Å². The predicted octanol–water partition coefficient (Wildman–Crippen LogP) is 2.76. The summed E-state index contributed by atoms with van der Waals surface area (Å²) in [5.41, 5.74) is 5.53. The molecule has 4 heterocycles. The Morgan fingerprint density at radius 3 is 2.77 bits per heavy atom. The minimum absolute atomic E-state index is 0.965. The standard InChI is InChI=1S/C20H26N6/c1-15-12-19(26-20(22-15)16(2)17(3)23-26)25-9-5-8-24(10-11-25)14-18-6-4-7-21-13-18/h4,6-7,12-13H,5,8-11,14H2,1-3H3. The van der Waals surface area contributed by atoms with Crippen molar-refractivity contribution in [1.29, 1.82) is 0 Å². The zero-order valence-electron chi connectivity index (χ0n) is 15.8. The zero-order chi connectivity index (χ0) is 18.1. The van der Waals surface area contributed by atoms with E-state index in [2.05, 4.69) is 47.7 Å². The molecule has 6 heteroatoms. The first-order valence-corrected chi connectivity index (χ1v) is 9.31. The highest BCUT2D eigenvalue weighted by Gasteiger charge is 2.20. The lowest BCUT2D eigenvalue weighted by Crippen LogP contribution is -2.31. The summed E-state index contributed by atoms with van der Waals surface area (Å²) in [7, 11) is 0. The highest BCUT2D eigenvalue weighted by molar-refractivity contribution is 5.56. The first-order valence-electron chi connectivity index (χ1n) is 9.31. The van der Waals surface area contributed by atoms with Crippen molar-refractivity contribution >= 4 is 11.5 Å². The van der Waals surface area contributed by atoms with Gasteiger partial charge in [0.25, 0.3) is 0 Å². The maximum Gasteiger partial charge on any atom is 0.160 e. The lowest BCUT2D eigenvalue weighted by Gasteiger charge is -2.24. The number of pyridine rings is 1. The molecule has 0 N–H and O–H groups in total. The summed E-state index contributed by atoms with van der Waals surface area (Å²) >= 11 is 0. The molecule has 0 amide bonds. The quantitative estimate of drug-likeness (QED) is 0.727. The summed E-state index contributed by atoms with van der Waals surface area (Å²) in [5, 5.41) is 4.74. The van der Waals surface area contributed by atoms with E-state index in [0.29, 0.717) is 0 Å². The molecule has 0 atom stereocenters. The van der Waals surface area contributed by atoms with Crippen molar-refractivity contribution in [2.45, 2.75) is 33.7 Å². The Bertz CT molecular complexity index is 902. The number of anilines is 1. The number of aromatic nitrogens is 4. The van der Waals surface area contributed by atoms with Gasteiger partial charge >= 0.3 is 0 Å². The summed E-state index contributed by atoms with van der Waals surface area (Å²) in [5.74, 6) is 1.16. The van der Waals surface area contributed by atoms with E-state index in [1.54, 1.807) is 0 Å². The van der Waals surface area contributed by atoms with Crippen molar-refractivity contribution in [3.8, 4) is 0 Å². The minimum atomic E-state index is 0.965. The molecule has 1 aliphatic heterocycles. The second-order valence-corrected chi connectivity index (χ2v) is 7.18. The van der Waals surface area contributed by atoms with Gasteiger partial charge in [0.15, 0.2) is 5.65 Å². The van der Waals surface area contributed by atoms with Crippen LogP contribution in [0, 0.1) is 20.8 Å². The Hall–Kier alpha value is -2.47. The fourth-order valence-corrected chi connectivity index (χ4v) is 3.66. The van der Waals surface area contributed by atoms with E-state index in [-0.39, 0.29) is 0 Å². The van der Waals surface area contributed by atoms with Crippen molar-refractivity contribution in [3.05, 3.63) is 53.1 Å². The molecule has 0 unspecified atom stereocenters. The average molecular weight is 350 g/mol. The van der Waals surface area contributed by atoms with E-state index < -0.39 is 0 Å². The summed E-state index contributed by atoms with van der Waals surface area (Å²) < 4.78 is 2.02. The number of hydrogen-bond donors (Lipinski definition) is 0. The molecule has 0 aromatic carbocycles. The van der Waals surface area contributed by atoms with Gasteiger partial charge < -0.3 is 4.90 Å². The molecule has 1 saturated heterocycles. The van der Waals surface area contributed by atoms with Crippen LogP contribution >= 0.6 is 0 Å². The lowest BCUT2D eigenvalue weighted by atomic mass is 10.2. The van der Waals surface area contributed by atoms with Crippen molar-refractivity contribution in [2.24, 2.45) is 0 Å². The van der Waals surface area contributed by atoms with Crippen molar-refractivity contribution in [1.82, 2.24) is 24.5 Å². The van der Waals surface area contributed by atoms with E-state index in [9.17, 15) is 0 Å². The second kappa shape index (κ2) is 7.03. The van der Waals surface area contributed by atoms with E-state index in [1.165, 1.54) is 11.1 Å². The van der Waals surface area contributed by atoms with Gasteiger partial charge in [0, 0.05) is 62.4 Å². The predicted molar refractivity (Wildman–Crippen MR) is 104 cm³/mol. The van der Waals surface area contributed by atoms with Crippen molar-refractivity contribution in [3.63, 3.8) is 0 Å². The first-order chi connectivity index (χ1) is 12.6. The molecule has 0 aliphatic carbocycles. The maximum atomic E-state index is 4.74. The monoisotopic (exact) mass is 350 g/mol. The lowest BCUT2D eigenvalue weighted by molar-refractivity contribution is 0.285. The van der Waals surface area contributed by atoms with Crippen LogP contribution in [0.3, 0.4) is 0 Å².